The predicted octanol–water partition coefficient (Wildman–Crippen LogP) is 0.267. The number of nitrogens with zero attached hydrogens (tertiary/aromatic N) is 6. The van der Waals surface area contributed by atoms with Gasteiger partial charge < -0.3 is 4.74 Å². The van der Waals surface area contributed by atoms with Gasteiger partial charge in [0.2, 0.25) is 5.88 Å². The summed E-state index contributed by atoms with van der Waals surface area (Å²) in [7, 11) is 1.55. The number of aromatic nitrogens is 6. The Kier molecular flexibility index (Phi) is 3.52. The van der Waals surface area contributed by atoms with Crippen molar-refractivity contribution in [2.45, 2.75) is 24.7 Å². The molecule has 0 saturated heterocycles. The molecule has 2 aliphatic rings. The molecular formula is C18H15N7O2. The number of rotatable bonds is 4. The first-order chi connectivity index (χ1) is 13.2. The van der Waals surface area contributed by atoms with Crippen LogP contribution in [-0.2, 0) is 4.79 Å². The summed E-state index contributed by atoms with van der Waals surface area (Å²) < 4.78 is 5.40. The molecule has 1 atom stereocenters. The highest BCUT2D eigenvalue weighted by Gasteiger charge is 2.31. The van der Waals surface area contributed by atoms with Crippen LogP contribution < -0.4 is 15.4 Å². The highest BCUT2D eigenvalue weighted by molar-refractivity contribution is 5.91. The molecule has 134 valence electrons. The van der Waals surface area contributed by atoms with Gasteiger partial charge in [-0.25, -0.2) is 19.9 Å². The number of carbonyl (C=O) groups is 1. The first kappa shape index (κ1) is 15.7. The molecule has 0 spiro atoms. The molecule has 5 rings (SSSR count). The monoisotopic (exact) mass is 361 g/mol. The maximum atomic E-state index is 12.5. The Labute approximate surface area is 153 Å². The molecular weight excluding hydrogens is 346 g/mol. The highest BCUT2D eigenvalue weighted by Crippen LogP contribution is 2.44. The van der Waals surface area contributed by atoms with Gasteiger partial charge in [-0.3, -0.25) is 9.89 Å². The lowest BCUT2D eigenvalue weighted by Crippen LogP contribution is -2.36. The summed E-state index contributed by atoms with van der Waals surface area (Å²) in [5.41, 5.74) is 2.65. The van der Waals surface area contributed by atoms with E-state index in [-0.39, 0.29) is 5.91 Å². The van der Waals surface area contributed by atoms with Gasteiger partial charge in [0.25, 0.3) is 5.91 Å². The average Bonchev–Trinajstić information content (AvgIpc) is 3.40. The van der Waals surface area contributed by atoms with E-state index in [1.165, 1.54) is 6.33 Å². The van der Waals surface area contributed by atoms with Gasteiger partial charge in [0.1, 0.15) is 11.9 Å². The van der Waals surface area contributed by atoms with E-state index in [9.17, 15) is 4.79 Å². The van der Waals surface area contributed by atoms with Crippen molar-refractivity contribution in [2.75, 3.05) is 7.11 Å². The quantitative estimate of drug-likeness (QED) is 0.708. The second kappa shape index (κ2) is 6.04. The van der Waals surface area contributed by atoms with E-state index in [1.54, 1.807) is 31.8 Å². The van der Waals surface area contributed by atoms with Crippen molar-refractivity contribution >= 4 is 12.0 Å². The van der Waals surface area contributed by atoms with E-state index in [1.807, 2.05) is 0 Å². The number of ether oxygens (including phenoxy) is 1. The topological polar surface area (TPSA) is 119 Å². The van der Waals surface area contributed by atoms with E-state index >= 15 is 0 Å². The SMILES string of the molecule is COc1ncnc(C2CC2)c1-c1ncc2c(n1)=NC(=O)C(c1cn[nH]c1)C=2. The van der Waals surface area contributed by atoms with Crippen LogP contribution in [0.3, 0.4) is 0 Å². The molecule has 1 fully saturated rings. The average molecular weight is 361 g/mol. The van der Waals surface area contributed by atoms with E-state index in [0.29, 0.717) is 33.9 Å². The maximum absolute atomic E-state index is 12.5. The third-order valence-corrected chi connectivity index (χ3v) is 4.73. The van der Waals surface area contributed by atoms with Crippen LogP contribution in [0, 0.1) is 0 Å². The van der Waals surface area contributed by atoms with E-state index < -0.39 is 5.92 Å². The molecule has 9 heteroatoms. The number of carbonyl (C=O) groups excluding carboxylic acids is 1. The van der Waals surface area contributed by atoms with Crippen LogP contribution in [0.1, 0.15) is 35.9 Å². The van der Waals surface area contributed by atoms with Gasteiger partial charge >= 0.3 is 0 Å². The van der Waals surface area contributed by atoms with Crippen molar-refractivity contribution in [3.63, 3.8) is 0 Å². The molecule has 1 saturated carbocycles. The van der Waals surface area contributed by atoms with Crippen LogP contribution in [0.15, 0.2) is 29.9 Å². The smallest absolute Gasteiger partial charge is 0.259 e. The summed E-state index contributed by atoms with van der Waals surface area (Å²) in [5.74, 6) is 0.441. The number of amides is 1. The highest BCUT2D eigenvalue weighted by atomic mass is 16.5. The zero-order valence-corrected chi connectivity index (χ0v) is 14.5. The number of aromatic amines is 1. The number of nitrogens with one attached hydrogen (secondary N) is 1. The number of fused-ring (bicyclic) bond motifs is 1. The van der Waals surface area contributed by atoms with Gasteiger partial charge in [-0.2, -0.15) is 10.1 Å². The molecule has 1 aliphatic heterocycles. The first-order valence-electron chi connectivity index (χ1n) is 8.60. The van der Waals surface area contributed by atoms with Crippen LogP contribution in [-0.4, -0.2) is 43.2 Å². The Bertz CT molecular complexity index is 1150. The van der Waals surface area contributed by atoms with Crippen molar-refractivity contribution in [3.05, 3.63) is 46.9 Å². The van der Waals surface area contributed by atoms with Crippen LogP contribution in [0.2, 0.25) is 0 Å². The van der Waals surface area contributed by atoms with Crippen LogP contribution in [0.25, 0.3) is 17.5 Å². The molecule has 0 bridgehead atoms. The standard InChI is InChI=1S/C18H15N7O2/c1-27-18-13(14(9-2-3-9)20-8-21-18)16-19-5-10-4-12(11-6-22-23-7-11)17(26)25-15(10)24-16/h4-9,12H,2-3H2,1H3,(H,22,23). The minimum absolute atomic E-state index is 0.285. The lowest BCUT2D eigenvalue weighted by atomic mass is 9.99. The second-order valence-corrected chi connectivity index (χ2v) is 6.52. The number of hydrogen-bond acceptors (Lipinski definition) is 7. The van der Waals surface area contributed by atoms with Crippen molar-refractivity contribution < 1.29 is 9.53 Å². The van der Waals surface area contributed by atoms with Gasteiger partial charge in [0, 0.05) is 29.1 Å². The third-order valence-electron chi connectivity index (χ3n) is 4.73. The molecule has 1 N–H and O–H groups in total. The number of methoxy groups -OCH3 is 1. The molecule has 3 aromatic rings. The summed E-state index contributed by atoms with van der Waals surface area (Å²) >= 11 is 0. The summed E-state index contributed by atoms with van der Waals surface area (Å²) in [4.78, 5) is 34.2. The first-order valence-corrected chi connectivity index (χ1v) is 8.60. The Morgan fingerprint density at radius 3 is 2.81 bits per heavy atom. The van der Waals surface area contributed by atoms with Gasteiger partial charge in [-0.1, -0.05) is 6.08 Å². The predicted molar refractivity (Wildman–Crippen MR) is 93.2 cm³/mol. The maximum Gasteiger partial charge on any atom is 0.259 e. The summed E-state index contributed by atoms with van der Waals surface area (Å²) in [6, 6.07) is 0. The fourth-order valence-electron chi connectivity index (χ4n) is 3.22. The minimum Gasteiger partial charge on any atom is -0.480 e. The Balaban J connectivity index is 1.65. The van der Waals surface area contributed by atoms with E-state index in [2.05, 4.69) is 35.1 Å². The molecule has 0 radical (unpaired) electrons. The van der Waals surface area contributed by atoms with Crippen LogP contribution >= 0.6 is 0 Å². The Morgan fingerprint density at radius 1 is 1.19 bits per heavy atom. The Morgan fingerprint density at radius 2 is 2.07 bits per heavy atom. The van der Waals surface area contributed by atoms with E-state index in [4.69, 9.17) is 4.74 Å². The largest absolute Gasteiger partial charge is 0.480 e. The summed E-state index contributed by atoms with van der Waals surface area (Å²) in [6.07, 6.45) is 10.4. The molecule has 4 heterocycles. The van der Waals surface area contributed by atoms with Gasteiger partial charge in [0.05, 0.1) is 24.9 Å². The zero-order chi connectivity index (χ0) is 18.4. The minimum atomic E-state index is -0.484. The molecule has 1 amide bonds. The van der Waals surface area contributed by atoms with Gasteiger partial charge in [-0.15, -0.1) is 0 Å². The normalized spacial score (nSPS) is 18.4. The summed E-state index contributed by atoms with van der Waals surface area (Å²) in [6.45, 7) is 0. The summed E-state index contributed by atoms with van der Waals surface area (Å²) in [5, 5.41) is 7.31. The molecule has 1 unspecified atom stereocenters. The molecule has 3 aromatic heterocycles. The van der Waals surface area contributed by atoms with Crippen molar-refractivity contribution in [1.82, 2.24) is 30.1 Å². The number of H-pyrrole nitrogens is 1. The van der Waals surface area contributed by atoms with Gasteiger partial charge in [0.15, 0.2) is 11.3 Å². The van der Waals surface area contributed by atoms with Gasteiger partial charge in [-0.05, 0) is 12.8 Å². The van der Waals surface area contributed by atoms with Crippen molar-refractivity contribution in [3.8, 4) is 17.3 Å². The lowest BCUT2D eigenvalue weighted by molar-refractivity contribution is -0.118. The molecule has 1 aliphatic carbocycles. The lowest BCUT2D eigenvalue weighted by Gasteiger charge is -2.12. The van der Waals surface area contributed by atoms with Crippen LogP contribution in [0.4, 0.5) is 0 Å². The Hall–Kier alpha value is -3.49. The fourth-order valence-corrected chi connectivity index (χ4v) is 3.22. The molecule has 0 aromatic carbocycles. The van der Waals surface area contributed by atoms with Crippen molar-refractivity contribution in [2.24, 2.45) is 4.99 Å². The zero-order valence-electron chi connectivity index (χ0n) is 14.5. The van der Waals surface area contributed by atoms with Crippen molar-refractivity contribution in [1.29, 1.82) is 0 Å². The van der Waals surface area contributed by atoms with Crippen LogP contribution in [0.5, 0.6) is 5.88 Å². The fraction of sp³-hybridized carbons (Fsp3) is 0.278. The second-order valence-electron chi connectivity index (χ2n) is 6.52. The molecule has 9 nitrogen and oxygen atoms in total. The third kappa shape index (κ3) is 2.67. The van der Waals surface area contributed by atoms with E-state index in [0.717, 1.165) is 24.1 Å². The number of hydrogen-bond donors (Lipinski definition) is 1. The molecule has 27 heavy (non-hydrogen) atoms.